The van der Waals surface area contributed by atoms with Crippen molar-refractivity contribution in [3.05, 3.63) is 54.6 Å². The highest BCUT2D eigenvalue weighted by molar-refractivity contribution is 7.92. The van der Waals surface area contributed by atoms with Gasteiger partial charge < -0.3 is 14.5 Å². The summed E-state index contributed by atoms with van der Waals surface area (Å²) in [7, 11) is -3.80. The lowest BCUT2D eigenvalue weighted by Crippen LogP contribution is -2.47. The van der Waals surface area contributed by atoms with Crippen molar-refractivity contribution in [1.29, 1.82) is 0 Å². The van der Waals surface area contributed by atoms with Crippen LogP contribution in [-0.4, -0.2) is 63.7 Å². The molecule has 34 heavy (non-hydrogen) atoms. The van der Waals surface area contributed by atoms with E-state index in [-0.39, 0.29) is 62.2 Å². The summed E-state index contributed by atoms with van der Waals surface area (Å²) in [6.45, 7) is 4.01. The second-order valence-corrected chi connectivity index (χ2v) is 10.7. The van der Waals surface area contributed by atoms with Gasteiger partial charge in [-0.05, 0) is 49.2 Å². The zero-order chi connectivity index (χ0) is 22.6. The maximum atomic E-state index is 13.5. The van der Waals surface area contributed by atoms with E-state index in [4.69, 9.17) is 9.94 Å². The van der Waals surface area contributed by atoms with Crippen LogP contribution in [0.5, 0.6) is 0 Å². The molecule has 2 N–H and O–H groups in total. The molecule has 2 heterocycles. The predicted octanol–water partition coefficient (Wildman–Crippen LogP) is 3.08. The number of hydrogen-bond donors (Lipinski definition) is 2. The molecule has 0 aromatic heterocycles. The molecule has 2 saturated heterocycles. The van der Waals surface area contributed by atoms with Crippen molar-refractivity contribution in [2.75, 3.05) is 49.2 Å². The number of halogens is 2. The first-order valence-corrected chi connectivity index (χ1v) is 12.3. The monoisotopic (exact) mass is 531 g/mol. The van der Waals surface area contributed by atoms with Gasteiger partial charge in [0.1, 0.15) is 0 Å². The van der Waals surface area contributed by atoms with E-state index in [9.17, 15) is 13.2 Å². The predicted molar refractivity (Wildman–Crippen MR) is 136 cm³/mol. The molecule has 0 bridgehead atoms. The number of anilines is 2. The molecule has 4 rings (SSSR count). The van der Waals surface area contributed by atoms with E-state index in [0.29, 0.717) is 0 Å². The number of hydrogen-bond acceptors (Lipinski definition) is 7. The fourth-order valence-corrected chi connectivity index (χ4v) is 6.58. The third kappa shape index (κ3) is 5.78. The Morgan fingerprint density at radius 3 is 1.88 bits per heavy atom. The lowest BCUT2D eigenvalue weighted by Gasteiger charge is -2.38. The van der Waals surface area contributed by atoms with Crippen LogP contribution in [0, 0.1) is 0 Å². The Morgan fingerprint density at radius 2 is 1.38 bits per heavy atom. The molecule has 188 valence electrons. The molecule has 1 amide bonds. The van der Waals surface area contributed by atoms with Gasteiger partial charge in [-0.2, -0.15) is 0 Å². The molecular weight excluding hydrogens is 501 g/mol. The maximum Gasteiger partial charge on any atom is 0.244 e. The van der Waals surface area contributed by atoms with Crippen LogP contribution in [0.25, 0.3) is 0 Å². The second kappa shape index (κ2) is 12.1. The van der Waals surface area contributed by atoms with Crippen molar-refractivity contribution in [3.8, 4) is 0 Å². The highest BCUT2D eigenvalue weighted by Gasteiger charge is 2.47. The van der Waals surface area contributed by atoms with Gasteiger partial charge in [-0.25, -0.2) is 13.9 Å². The van der Waals surface area contributed by atoms with Crippen molar-refractivity contribution in [3.63, 3.8) is 0 Å². The highest BCUT2D eigenvalue weighted by atomic mass is 35.5. The number of ether oxygens (including phenoxy) is 1. The van der Waals surface area contributed by atoms with Crippen LogP contribution < -0.4 is 15.3 Å². The Kier molecular flexibility index (Phi) is 10.0. The van der Waals surface area contributed by atoms with Crippen LogP contribution >= 0.6 is 24.8 Å². The van der Waals surface area contributed by atoms with E-state index in [0.717, 1.165) is 31.9 Å². The molecule has 0 atom stereocenters. The summed E-state index contributed by atoms with van der Waals surface area (Å²) in [5.41, 5.74) is 3.76. The van der Waals surface area contributed by atoms with Gasteiger partial charge in [-0.3, -0.25) is 10.0 Å². The molecule has 2 aliphatic heterocycles. The molecule has 0 aliphatic carbocycles. The fraction of sp³-hybridized carbons (Fsp3) is 0.435. The molecule has 2 aliphatic rings. The van der Waals surface area contributed by atoms with Crippen molar-refractivity contribution >= 4 is 51.9 Å². The molecule has 8 nitrogen and oxygen atoms in total. The Hall–Kier alpha value is -2.04. The molecule has 0 unspecified atom stereocenters. The van der Waals surface area contributed by atoms with E-state index >= 15 is 0 Å². The standard InChI is InChI=1S/C23H29N3O5S.2ClH/c27-22(24-28)18-23(10-16-31-17-11-23)32(29,30)21-8-6-20(7-9-21)26-14-12-25(13-15-26)19-4-2-1-3-5-19;;/h1-9,28H,10-18H2,(H,24,27);2*1H. The molecule has 2 aromatic rings. The van der Waals surface area contributed by atoms with Crippen molar-refractivity contribution in [1.82, 2.24) is 5.48 Å². The number of piperazine rings is 1. The molecule has 0 radical (unpaired) electrons. The summed E-state index contributed by atoms with van der Waals surface area (Å²) in [6, 6.07) is 17.2. The summed E-state index contributed by atoms with van der Waals surface area (Å²) in [4.78, 5) is 16.7. The Bertz CT molecular complexity index is 1020. The normalized spacial score (nSPS) is 17.8. The Balaban J connectivity index is 0.00000204. The van der Waals surface area contributed by atoms with E-state index in [1.807, 2.05) is 30.3 Å². The van der Waals surface area contributed by atoms with E-state index in [1.54, 1.807) is 17.6 Å². The van der Waals surface area contributed by atoms with Gasteiger partial charge in [-0.15, -0.1) is 24.8 Å². The summed E-state index contributed by atoms with van der Waals surface area (Å²) in [5, 5.41) is 8.95. The molecule has 0 spiro atoms. The van der Waals surface area contributed by atoms with Gasteiger partial charge >= 0.3 is 0 Å². The van der Waals surface area contributed by atoms with Gasteiger partial charge in [0.2, 0.25) is 5.91 Å². The van der Waals surface area contributed by atoms with Gasteiger partial charge in [0, 0.05) is 57.2 Å². The minimum absolute atomic E-state index is 0. The SMILES string of the molecule is Cl.Cl.O=C(CC1(S(=O)(=O)c2ccc(N3CCN(c4ccccc4)CC3)cc2)CCOCC1)NO. The molecule has 2 aromatic carbocycles. The zero-order valence-corrected chi connectivity index (χ0v) is 21.2. The minimum atomic E-state index is -3.80. The molecule has 0 saturated carbocycles. The lowest BCUT2D eigenvalue weighted by molar-refractivity contribution is -0.130. The summed E-state index contributed by atoms with van der Waals surface area (Å²) >= 11 is 0. The first kappa shape index (κ1) is 28.2. The van der Waals surface area contributed by atoms with Crippen LogP contribution in [0.15, 0.2) is 59.5 Å². The number of sulfone groups is 1. The number of nitrogens with one attached hydrogen (secondary N) is 1. The summed E-state index contributed by atoms with van der Waals surface area (Å²) in [6.07, 6.45) is 0.135. The topological polar surface area (TPSA) is 99.2 Å². The molecular formula is C23H31Cl2N3O5S. The van der Waals surface area contributed by atoms with Crippen LogP contribution in [0.1, 0.15) is 19.3 Å². The number of rotatable bonds is 6. The van der Waals surface area contributed by atoms with Gasteiger partial charge in [0.15, 0.2) is 9.84 Å². The molecule has 11 heteroatoms. The largest absolute Gasteiger partial charge is 0.381 e. The highest BCUT2D eigenvalue weighted by Crippen LogP contribution is 2.38. The lowest BCUT2D eigenvalue weighted by atomic mass is 9.95. The first-order chi connectivity index (χ1) is 15.4. The van der Waals surface area contributed by atoms with Crippen molar-refractivity contribution in [2.24, 2.45) is 0 Å². The summed E-state index contributed by atoms with van der Waals surface area (Å²) < 4.78 is 31.1. The van der Waals surface area contributed by atoms with Crippen LogP contribution in [0.3, 0.4) is 0 Å². The molecule has 2 fully saturated rings. The first-order valence-electron chi connectivity index (χ1n) is 10.9. The van der Waals surface area contributed by atoms with E-state index < -0.39 is 20.5 Å². The van der Waals surface area contributed by atoms with E-state index in [1.165, 1.54) is 5.69 Å². The number of carbonyl (C=O) groups excluding carboxylic acids is 1. The van der Waals surface area contributed by atoms with E-state index in [2.05, 4.69) is 21.9 Å². The second-order valence-electron chi connectivity index (χ2n) is 8.31. The average Bonchev–Trinajstić information content (AvgIpc) is 2.85. The maximum absolute atomic E-state index is 13.5. The average molecular weight is 532 g/mol. The fourth-order valence-electron chi connectivity index (χ4n) is 4.56. The Labute approximate surface area is 213 Å². The van der Waals surface area contributed by atoms with Gasteiger partial charge in [0.05, 0.1) is 9.64 Å². The quantitative estimate of drug-likeness (QED) is 0.436. The van der Waals surface area contributed by atoms with Crippen LogP contribution in [-0.2, 0) is 19.4 Å². The van der Waals surface area contributed by atoms with Crippen LogP contribution in [0.4, 0.5) is 11.4 Å². The van der Waals surface area contributed by atoms with Gasteiger partial charge in [-0.1, -0.05) is 18.2 Å². The zero-order valence-electron chi connectivity index (χ0n) is 18.8. The van der Waals surface area contributed by atoms with Crippen molar-refractivity contribution in [2.45, 2.75) is 28.9 Å². The summed E-state index contributed by atoms with van der Waals surface area (Å²) in [5.74, 6) is -0.705. The number of hydroxylamine groups is 1. The smallest absolute Gasteiger partial charge is 0.244 e. The number of benzene rings is 2. The number of nitrogens with zero attached hydrogens (tertiary/aromatic N) is 2. The number of amides is 1. The third-order valence-corrected chi connectivity index (χ3v) is 9.08. The number of carbonyl (C=O) groups is 1. The van der Waals surface area contributed by atoms with Crippen molar-refractivity contribution < 1.29 is 23.2 Å². The Morgan fingerprint density at radius 1 is 0.882 bits per heavy atom. The van der Waals surface area contributed by atoms with Crippen LogP contribution in [0.2, 0.25) is 0 Å². The minimum Gasteiger partial charge on any atom is -0.381 e. The van der Waals surface area contributed by atoms with Gasteiger partial charge in [0.25, 0.3) is 0 Å². The third-order valence-electron chi connectivity index (χ3n) is 6.49. The number of para-hydroxylation sites is 1.